The van der Waals surface area contributed by atoms with Crippen molar-refractivity contribution in [2.45, 2.75) is 39.4 Å². The summed E-state index contributed by atoms with van der Waals surface area (Å²) in [4.78, 5) is 30.5. The average molecular weight is 465 g/mol. The maximum absolute atomic E-state index is 13.1. The highest BCUT2D eigenvalue weighted by Crippen LogP contribution is 2.30. The third-order valence-corrected chi connectivity index (χ3v) is 6.99. The van der Waals surface area contributed by atoms with Gasteiger partial charge in [0.2, 0.25) is 5.91 Å². The van der Waals surface area contributed by atoms with E-state index in [-0.39, 0.29) is 17.2 Å². The molecule has 4 aromatic rings. The van der Waals surface area contributed by atoms with Gasteiger partial charge in [-0.1, -0.05) is 53.7 Å². The zero-order valence-electron chi connectivity index (χ0n) is 18.4. The zero-order chi connectivity index (χ0) is 22.8. The number of aryl methyl sites for hydroxylation is 3. The van der Waals surface area contributed by atoms with Crippen molar-refractivity contribution < 1.29 is 4.79 Å². The first-order valence-corrected chi connectivity index (χ1v) is 12.1. The Balaban J connectivity index is 1.63. The molecular formula is C24H24N4O2S2. The van der Waals surface area contributed by atoms with Crippen molar-refractivity contribution in [3.63, 3.8) is 0 Å². The molecule has 0 saturated carbocycles. The largest absolute Gasteiger partial charge is 0.325 e. The molecule has 2 aromatic carbocycles. The van der Waals surface area contributed by atoms with Gasteiger partial charge in [-0.25, -0.2) is 4.98 Å². The average Bonchev–Trinajstić information content (AvgIpc) is 3.20. The van der Waals surface area contributed by atoms with E-state index in [4.69, 9.17) is 4.98 Å². The molecule has 32 heavy (non-hydrogen) atoms. The summed E-state index contributed by atoms with van der Waals surface area (Å²) in [5.74, 6) is 0.0193. The van der Waals surface area contributed by atoms with Gasteiger partial charge in [-0.3, -0.25) is 14.2 Å². The Kier molecular flexibility index (Phi) is 6.43. The molecule has 4 rings (SSSR count). The Morgan fingerprint density at radius 1 is 1.09 bits per heavy atom. The molecule has 1 N–H and O–H groups in total. The fourth-order valence-electron chi connectivity index (χ4n) is 3.37. The number of hydrogen-bond acceptors (Lipinski definition) is 6. The van der Waals surface area contributed by atoms with E-state index in [9.17, 15) is 9.59 Å². The zero-order valence-corrected chi connectivity index (χ0v) is 20.1. The van der Waals surface area contributed by atoms with Gasteiger partial charge in [0.05, 0.1) is 5.75 Å². The number of amides is 1. The van der Waals surface area contributed by atoms with Crippen LogP contribution in [0.2, 0.25) is 0 Å². The lowest BCUT2D eigenvalue weighted by Crippen LogP contribution is -2.23. The van der Waals surface area contributed by atoms with Crippen LogP contribution in [-0.4, -0.2) is 25.6 Å². The molecule has 0 aliphatic carbocycles. The summed E-state index contributed by atoms with van der Waals surface area (Å²) in [6.45, 7) is 8.35. The van der Waals surface area contributed by atoms with Crippen molar-refractivity contribution in [1.29, 1.82) is 0 Å². The number of nitrogens with zero attached hydrogens (tertiary/aromatic N) is 3. The van der Waals surface area contributed by atoms with Gasteiger partial charge in [0.15, 0.2) is 5.16 Å². The van der Waals surface area contributed by atoms with Gasteiger partial charge >= 0.3 is 0 Å². The van der Waals surface area contributed by atoms with Crippen molar-refractivity contribution in [1.82, 2.24) is 13.9 Å². The van der Waals surface area contributed by atoms with E-state index in [2.05, 4.69) is 9.69 Å². The SMILES string of the molecule is CCn1c(SCC(=O)Nc2cc(C)ccc2C)nc2c(-c3ccc(C)cc3)nsc2c1=O. The van der Waals surface area contributed by atoms with Gasteiger partial charge in [-0.2, -0.15) is 4.37 Å². The van der Waals surface area contributed by atoms with Crippen LogP contribution >= 0.6 is 23.3 Å². The number of fused-ring (bicyclic) bond motifs is 1. The minimum absolute atomic E-state index is 0.120. The summed E-state index contributed by atoms with van der Waals surface area (Å²) < 4.78 is 6.66. The van der Waals surface area contributed by atoms with E-state index in [1.807, 2.05) is 70.2 Å². The quantitative estimate of drug-likeness (QED) is 0.314. The van der Waals surface area contributed by atoms with Gasteiger partial charge in [0.25, 0.3) is 5.56 Å². The van der Waals surface area contributed by atoms with Gasteiger partial charge in [0.1, 0.15) is 15.9 Å². The molecule has 0 unspecified atom stereocenters. The second kappa shape index (κ2) is 9.26. The second-order valence-electron chi connectivity index (χ2n) is 7.67. The first-order valence-electron chi connectivity index (χ1n) is 10.3. The molecular weight excluding hydrogens is 440 g/mol. The van der Waals surface area contributed by atoms with Crippen LogP contribution in [-0.2, 0) is 11.3 Å². The highest BCUT2D eigenvalue weighted by atomic mass is 32.2. The Morgan fingerprint density at radius 2 is 1.81 bits per heavy atom. The highest BCUT2D eigenvalue weighted by molar-refractivity contribution is 7.99. The molecule has 2 heterocycles. The number of nitrogens with one attached hydrogen (secondary N) is 1. The van der Waals surface area contributed by atoms with Crippen molar-refractivity contribution in [2.24, 2.45) is 0 Å². The van der Waals surface area contributed by atoms with Crippen molar-refractivity contribution in [3.05, 3.63) is 69.5 Å². The molecule has 0 radical (unpaired) electrons. The van der Waals surface area contributed by atoms with Crippen LogP contribution in [0.3, 0.4) is 0 Å². The Hall–Kier alpha value is -2.97. The summed E-state index contributed by atoms with van der Waals surface area (Å²) in [6.07, 6.45) is 0. The molecule has 6 nitrogen and oxygen atoms in total. The van der Waals surface area contributed by atoms with E-state index >= 15 is 0 Å². The predicted octanol–water partition coefficient (Wildman–Crippen LogP) is 5.20. The number of rotatable bonds is 6. The van der Waals surface area contributed by atoms with Crippen LogP contribution in [0.4, 0.5) is 5.69 Å². The van der Waals surface area contributed by atoms with Crippen LogP contribution in [0.15, 0.2) is 52.4 Å². The molecule has 2 aromatic heterocycles. The molecule has 1 amide bonds. The standard InChI is InChI=1S/C24H24N4O2S2/c1-5-28-23(30)22-21(20(27-32-22)17-10-7-14(2)8-11-17)26-24(28)31-13-19(29)25-18-12-15(3)6-9-16(18)4/h6-12H,5,13H2,1-4H3,(H,25,29). The van der Waals surface area contributed by atoms with Gasteiger partial charge in [-0.15, -0.1) is 0 Å². The summed E-state index contributed by atoms with van der Waals surface area (Å²) in [7, 11) is 0. The lowest BCUT2D eigenvalue weighted by atomic mass is 10.1. The third kappa shape index (κ3) is 4.47. The van der Waals surface area contributed by atoms with E-state index in [0.717, 1.165) is 27.9 Å². The van der Waals surface area contributed by atoms with Crippen LogP contribution in [0.1, 0.15) is 23.6 Å². The Morgan fingerprint density at radius 3 is 2.53 bits per heavy atom. The monoisotopic (exact) mass is 464 g/mol. The maximum Gasteiger partial charge on any atom is 0.273 e. The molecule has 0 aliphatic heterocycles. The Bertz CT molecular complexity index is 1360. The molecule has 0 bridgehead atoms. The summed E-state index contributed by atoms with van der Waals surface area (Å²) in [5, 5.41) is 3.49. The van der Waals surface area contributed by atoms with Crippen LogP contribution in [0.5, 0.6) is 0 Å². The minimum Gasteiger partial charge on any atom is -0.325 e. The topological polar surface area (TPSA) is 76.9 Å². The van der Waals surface area contributed by atoms with Crippen LogP contribution in [0, 0.1) is 20.8 Å². The number of aromatic nitrogens is 3. The van der Waals surface area contributed by atoms with Gasteiger partial charge in [0, 0.05) is 17.8 Å². The number of carbonyl (C=O) groups is 1. The van der Waals surface area contributed by atoms with Gasteiger partial charge in [-0.05, 0) is 56.4 Å². The molecule has 164 valence electrons. The number of thioether (sulfide) groups is 1. The smallest absolute Gasteiger partial charge is 0.273 e. The van der Waals surface area contributed by atoms with Crippen molar-refractivity contribution in [3.8, 4) is 11.3 Å². The lowest BCUT2D eigenvalue weighted by Gasteiger charge is -2.11. The number of benzene rings is 2. The Labute approximate surface area is 194 Å². The minimum atomic E-state index is -0.136. The molecule has 0 fully saturated rings. The van der Waals surface area contributed by atoms with Crippen molar-refractivity contribution in [2.75, 3.05) is 11.1 Å². The summed E-state index contributed by atoms with van der Waals surface area (Å²) in [6, 6.07) is 14.0. The second-order valence-corrected chi connectivity index (χ2v) is 9.39. The van der Waals surface area contributed by atoms with Gasteiger partial charge < -0.3 is 5.32 Å². The normalized spacial score (nSPS) is 11.1. The third-order valence-electron chi connectivity index (χ3n) is 5.19. The number of carbonyl (C=O) groups excluding carboxylic acids is 1. The number of anilines is 1. The van der Waals surface area contributed by atoms with Crippen LogP contribution < -0.4 is 10.9 Å². The van der Waals surface area contributed by atoms with E-state index in [0.29, 0.717) is 27.6 Å². The molecule has 0 aliphatic rings. The lowest BCUT2D eigenvalue weighted by molar-refractivity contribution is -0.113. The van der Waals surface area contributed by atoms with E-state index in [1.165, 1.54) is 23.3 Å². The van der Waals surface area contributed by atoms with E-state index < -0.39 is 0 Å². The first-order chi connectivity index (χ1) is 15.4. The highest BCUT2D eigenvalue weighted by Gasteiger charge is 2.18. The molecule has 0 atom stereocenters. The predicted molar refractivity (Wildman–Crippen MR) is 133 cm³/mol. The first kappa shape index (κ1) is 22.2. The number of hydrogen-bond donors (Lipinski definition) is 1. The van der Waals surface area contributed by atoms with Crippen LogP contribution in [0.25, 0.3) is 21.5 Å². The summed E-state index contributed by atoms with van der Waals surface area (Å²) in [5.41, 5.74) is 6.14. The molecule has 0 spiro atoms. The maximum atomic E-state index is 13.1. The fourth-order valence-corrected chi connectivity index (χ4v) is 5.02. The molecule has 0 saturated heterocycles. The molecule has 8 heteroatoms. The van der Waals surface area contributed by atoms with E-state index in [1.54, 1.807) is 4.57 Å². The summed E-state index contributed by atoms with van der Waals surface area (Å²) >= 11 is 2.44. The van der Waals surface area contributed by atoms with Crippen molar-refractivity contribution >= 4 is 45.1 Å². The fraction of sp³-hybridized carbons (Fsp3) is 0.250.